The van der Waals surface area contributed by atoms with Gasteiger partial charge in [-0.2, -0.15) is 0 Å². The molecule has 1 N–H and O–H groups in total. The predicted molar refractivity (Wildman–Crippen MR) is 121 cm³/mol. The zero-order valence-corrected chi connectivity index (χ0v) is 20.1. The molecule has 0 unspecified atom stereocenters. The minimum Gasteiger partial charge on any atom is -0.491 e. The number of nitrogens with zero attached hydrogens (tertiary/aromatic N) is 2. The van der Waals surface area contributed by atoms with Crippen LogP contribution in [-0.4, -0.2) is 82.3 Å². The number of methoxy groups -OCH3 is 1. The number of likely N-dealkylation sites (N-methyl/N-ethyl adjacent to an activating group) is 1. The molecule has 2 aliphatic rings. The molecule has 2 amide bonds. The molecule has 32 heavy (non-hydrogen) atoms. The fourth-order valence-electron chi connectivity index (χ4n) is 3.93. The van der Waals surface area contributed by atoms with E-state index in [2.05, 4.69) is 4.72 Å². The van der Waals surface area contributed by atoms with Crippen molar-refractivity contribution in [3.8, 4) is 5.75 Å². The number of ether oxygens (including phenoxy) is 2. The van der Waals surface area contributed by atoms with E-state index in [9.17, 15) is 18.0 Å². The van der Waals surface area contributed by atoms with E-state index in [1.54, 1.807) is 26.3 Å². The smallest absolute Gasteiger partial charge is 0.257 e. The molecule has 0 bridgehead atoms. The fraction of sp³-hybridized carbons (Fsp3) is 0.636. The van der Waals surface area contributed by atoms with Gasteiger partial charge in [0.1, 0.15) is 12.4 Å². The van der Waals surface area contributed by atoms with Crippen LogP contribution in [0.4, 0.5) is 5.69 Å². The Kier molecular flexibility index (Phi) is 7.34. The zero-order chi connectivity index (χ0) is 23.6. The highest BCUT2D eigenvalue weighted by Crippen LogP contribution is 2.33. The summed E-state index contributed by atoms with van der Waals surface area (Å²) in [5, 5.41) is 0. The Morgan fingerprint density at radius 2 is 1.91 bits per heavy atom. The van der Waals surface area contributed by atoms with Crippen LogP contribution < -0.4 is 9.46 Å². The predicted octanol–water partition coefficient (Wildman–Crippen LogP) is 1.80. The summed E-state index contributed by atoms with van der Waals surface area (Å²) in [6.45, 7) is 5.00. The van der Waals surface area contributed by atoms with Gasteiger partial charge in [0.2, 0.25) is 15.9 Å². The normalized spacial score (nSPS) is 25.3. The van der Waals surface area contributed by atoms with E-state index in [4.69, 9.17) is 9.47 Å². The summed E-state index contributed by atoms with van der Waals surface area (Å²) in [6.07, 6.45) is 2.61. The third-order valence-corrected chi connectivity index (χ3v) is 6.56. The zero-order valence-electron chi connectivity index (χ0n) is 19.3. The molecule has 178 valence electrons. The van der Waals surface area contributed by atoms with Gasteiger partial charge in [0.05, 0.1) is 24.0 Å². The van der Waals surface area contributed by atoms with Gasteiger partial charge in [-0.25, -0.2) is 8.42 Å². The van der Waals surface area contributed by atoms with Gasteiger partial charge in [-0.15, -0.1) is 0 Å². The van der Waals surface area contributed by atoms with Crippen molar-refractivity contribution in [2.24, 2.45) is 11.8 Å². The Hall–Kier alpha value is -2.33. The van der Waals surface area contributed by atoms with Gasteiger partial charge in [-0.3, -0.25) is 14.3 Å². The Labute approximate surface area is 190 Å². The number of sulfonamides is 1. The first-order chi connectivity index (χ1) is 15.0. The lowest BCUT2D eigenvalue weighted by atomic mass is 10.0. The van der Waals surface area contributed by atoms with Crippen LogP contribution in [0.15, 0.2) is 18.2 Å². The maximum atomic E-state index is 13.2. The largest absolute Gasteiger partial charge is 0.491 e. The Morgan fingerprint density at radius 3 is 2.50 bits per heavy atom. The number of hydrogen-bond donors (Lipinski definition) is 1. The number of amides is 2. The highest BCUT2D eigenvalue weighted by atomic mass is 32.2. The molecule has 10 heteroatoms. The summed E-state index contributed by atoms with van der Waals surface area (Å²) in [6, 6.07) is 4.41. The third-order valence-electron chi connectivity index (χ3n) is 5.96. The summed E-state index contributed by atoms with van der Waals surface area (Å²) in [5.74, 6) is 0.258. The van der Waals surface area contributed by atoms with Crippen LogP contribution in [-0.2, 0) is 19.6 Å². The van der Waals surface area contributed by atoms with Gasteiger partial charge in [0, 0.05) is 44.8 Å². The van der Waals surface area contributed by atoms with Crippen LogP contribution in [0, 0.1) is 11.8 Å². The van der Waals surface area contributed by atoms with E-state index < -0.39 is 10.0 Å². The van der Waals surface area contributed by atoms with Crippen LogP contribution in [0.2, 0.25) is 0 Å². The minimum atomic E-state index is -3.50. The van der Waals surface area contributed by atoms with Crippen LogP contribution in [0.5, 0.6) is 5.75 Å². The molecule has 1 saturated carbocycles. The average molecular weight is 468 g/mol. The van der Waals surface area contributed by atoms with E-state index >= 15 is 0 Å². The highest BCUT2D eigenvalue weighted by Gasteiger charge is 2.37. The molecule has 0 spiro atoms. The second-order valence-corrected chi connectivity index (χ2v) is 10.7. The molecule has 1 aliphatic carbocycles. The maximum Gasteiger partial charge on any atom is 0.257 e. The van der Waals surface area contributed by atoms with Crippen molar-refractivity contribution < 1.29 is 27.5 Å². The Balaban J connectivity index is 1.97. The Bertz CT molecular complexity index is 962. The molecule has 1 heterocycles. The quantitative estimate of drug-likeness (QED) is 0.724. The lowest BCUT2D eigenvalue weighted by Crippen LogP contribution is -2.49. The number of anilines is 1. The van der Waals surface area contributed by atoms with Crippen molar-refractivity contribution in [3.05, 3.63) is 23.8 Å². The standard InChI is InChI=1S/C22H33N3O6S/c1-14-11-25(21(26)16-6-7-16)15(2)13-31-19-9-8-17(23-32(5,28)29)10-18(19)22(27)24(3)12-20(14)30-4/h8-10,14-16,20,23H,6-7,11-13H2,1-5H3/t14-,15+,20+/m1/s1. The van der Waals surface area contributed by atoms with Gasteiger partial charge in [-0.1, -0.05) is 6.92 Å². The highest BCUT2D eigenvalue weighted by molar-refractivity contribution is 7.92. The molecule has 1 aromatic carbocycles. The van der Waals surface area contributed by atoms with Gasteiger partial charge >= 0.3 is 0 Å². The first-order valence-corrected chi connectivity index (χ1v) is 12.7. The summed E-state index contributed by atoms with van der Waals surface area (Å²) >= 11 is 0. The number of benzene rings is 1. The first-order valence-electron chi connectivity index (χ1n) is 10.8. The minimum absolute atomic E-state index is 0.00228. The molecule has 1 aromatic rings. The summed E-state index contributed by atoms with van der Waals surface area (Å²) in [7, 11) is -0.229. The number of carbonyl (C=O) groups is 2. The SMILES string of the molecule is CO[C@H]1CN(C)C(=O)c2cc(NS(C)(=O)=O)ccc2OC[C@H](C)N(C(=O)C2CC2)C[C@H]1C. The number of rotatable bonds is 4. The molecular weight excluding hydrogens is 434 g/mol. The third kappa shape index (κ3) is 5.92. The lowest BCUT2D eigenvalue weighted by Gasteiger charge is -2.36. The second-order valence-electron chi connectivity index (χ2n) is 8.95. The molecule has 1 fully saturated rings. The van der Waals surface area contributed by atoms with Gasteiger partial charge in [-0.05, 0) is 38.0 Å². The monoisotopic (exact) mass is 467 g/mol. The van der Waals surface area contributed by atoms with Crippen molar-refractivity contribution in [2.45, 2.75) is 38.8 Å². The average Bonchev–Trinajstić information content (AvgIpc) is 3.56. The first kappa shape index (κ1) is 24.3. The molecule has 3 rings (SSSR count). The number of carbonyl (C=O) groups excluding carboxylic acids is 2. The van der Waals surface area contributed by atoms with Crippen molar-refractivity contribution in [1.29, 1.82) is 0 Å². The van der Waals surface area contributed by atoms with E-state index in [-0.39, 0.29) is 53.7 Å². The van der Waals surface area contributed by atoms with Crippen LogP contribution in [0.25, 0.3) is 0 Å². The van der Waals surface area contributed by atoms with E-state index in [0.717, 1.165) is 19.1 Å². The number of nitrogens with one attached hydrogen (secondary N) is 1. The second kappa shape index (κ2) is 9.66. The summed E-state index contributed by atoms with van der Waals surface area (Å²) < 4.78 is 37.4. The van der Waals surface area contributed by atoms with Crippen LogP contribution in [0.1, 0.15) is 37.0 Å². The summed E-state index contributed by atoms with van der Waals surface area (Å²) in [5.41, 5.74) is 0.524. The van der Waals surface area contributed by atoms with Crippen molar-refractivity contribution >= 4 is 27.5 Å². The van der Waals surface area contributed by atoms with E-state index in [1.807, 2.05) is 18.7 Å². The summed E-state index contributed by atoms with van der Waals surface area (Å²) in [4.78, 5) is 29.6. The van der Waals surface area contributed by atoms with Gasteiger partial charge < -0.3 is 19.3 Å². The molecule has 3 atom stereocenters. The topological polar surface area (TPSA) is 105 Å². The molecular formula is C22H33N3O6S. The molecule has 0 radical (unpaired) electrons. The van der Waals surface area contributed by atoms with Gasteiger partial charge in [0.25, 0.3) is 5.91 Å². The fourth-order valence-corrected chi connectivity index (χ4v) is 4.48. The van der Waals surface area contributed by atoms with Gasteiger partial charge in [0.15, 0.2) is 0 Å². The molecule has 1 aliphatic heterocycles. The molecule has 0 aromatic heterocycles. The molecule has 9 nitrogen and oxygen atoms in total. The maximum absolute atomic E-state index is 13.2. The lowest BCUT2D eigenvalue weighted by molar-refractivity contribution is -0.136. The van der Waals surface area contributed by atoms with E-state index in [0.29, 0.717) is 18.8 Å². The van der Waals surface area contributed by atoms with Crippen molar-refractivity contribution in [3.63, 3.8) is 0 Å². The number of hydrogen-bond acceptors (Lipinski definition) is 6. The number of fused-ring (bicyclic) bond motifs is 1. The van der Waals surface area contributed by atoms with E-state index in [1.165, 1.54) is 11.0 Å². The van der Waals surface area contributed by atoms with Crippen molar-refractivity contribution in [1.82, 2.24) is 9.80 Å². The molecule has 0 saturated heterocycles. The van der Waals surface area contributed by atoms with Crippen molar-refractivity contribution in [2.75, 3.05) is 44.8 Å². The van der Waals surface area contributed by atoms with Crippen LogP contribution in [0.3, 0.4) is 0 Å². The Morgan fingerprint density at radius 1 is 1.22 bits per heavy atom. The van der Waals surface area contributed by atoms with Crippen LogP contribution >= 0.6 is 0 Å².